The molecule has 1 saturated carbocycles. The third kappa shape index (κ3) is 2.30. The molecule has 1 rings (SSSR count). The fourth-order valence-electron chi connectivity index (χ4n) is 1.42. The van der Waals surface area contributed by atoms with E-state index in [1.54, 1.807) is 0 Å². The van der Waals surface area contributed by atoms with Crippen molar-refractivity contribution in [2.45, 2.75) is 51.2 Å². The third-order valence-electron chi connectivity index (χ3n) is 2.13. The SMILES string of the molecule is [CH2]CC(C)OC1CCCC1. The van der Waals surface area contributed by atoms with Crippen molar-refractivity contribution < 1.29 is 4.74 Å². The zero-order chi connectivity index (χ0) is 7.40. The highest BCUT2D eigenvalue weighted by Gasteiger charge is 2.16. The summed E-state index contributed by atoms with van der Waals surface area (Å²) in [7, 11) is 0. The van der Waals surface area contributed by atoms with E-state index in [1.165, 1.54) is 25.7 Å². The van der Waals surface area contributed by atoms with Gasteiger partial charge in [-0.2, -0.15) is 0 Å². The van der Waals surface area contributed by atoms with Gasteiger partial charge in [0.2, 0.25) is 0 Å². The van der Waals surface area contributed by atoms with E-state index < -0.39 is 0 Å². The average Bonchev–Trinajstić information content (AvgIpc) is 2.40. The molecule has 0 aromatic rings. The Balaban J connectivity index is 2.11. The van der Waals surface area contributed by atoms with Crippen molar-refractivity contribution in [3.05, 3.63) is 6.92 Å². The zero-order valence-corrected chi connectivity index (χ0v) is 6.81. The maximum atomic E-state index is 5.70. The van der Waals surface area contributed by atoms with Gasteiger partial charge in [-0.05, 0) is 26.2 Å². The van der Waals surface area contributed by atoms with E-state index in [-0.39, 0.29) is 0 Å². The molecule has 0 saturated heterocycles. The number of hydrogen-bond acceptors (Lipinski definition) is 1. The number of rotatable bonds is 3. The first-order valence-electron chi connectivity index (χ1n) is 4.27. The molecule has 0 aliphatic heterocycles. The van der Waals surface area contributed by atoms with Gasteiger partial charge >= 0.3 is 0 Å². The second-order valence-corrected chi connectivity index (χ2v) is 3.14. The van der Waals surface area contributed by atoms with Crippen molar-refractivity contribution in [2.75, 3.05) is 0 Å². The molecule has 0 spiro atoms. The lowest BCUT2D eigenvalue weighted by molar-refractivity contribution is 0.00387. The second kappa shape index (κ2) is 3.97. The fourth-order valence-corrected chi connectivity index (χ4v) is 1.42. The molecule has 0 N–H and O–H groups in total. The first-order chi connectivity index (χ1) is 4.83. The minimum Gasteiger partial charge on any atom is -0.375 e. The molecular weight excluding hydrogens is 124 g/mol. The Kier molecular flexibility index (Phi) is 3.20. The molecule has 1 radical (unpaired) electrons. The lowest BCUT2D eigenvalue weighted by atomic mass is 10.2. The first kappa shape index (κ1) is 8.06. The fraction of sp³-hybridized carbons (Fsp3) is 0.889. The number of ether oxygens (including phenoxy) is 1. The Morgan fingerprint density at radius 1 is 1.50 bits per heavy atom. The van der Waals surface area contributed by atoms with Crippen LogP contribution in [0.2, 0.25) is 0 Å². The third-order valence-corrected chi connectivity index (χ3v) is 2.13. The largest absolute Gasteiger partial charge is 0.375 e. The summed E-state index contributed by atoms with van der Waals surface area (Å²) in [6, 6.07) is 0. The van der Waals surface area contributed by atoms with Gasteiger partial charge in [0, 0.05) is 0 Å². The van der Waals surface area contributed by atoms with Gasteiger partial charge in [-0.3, -0.25) is 0 Å². The molecule has 0 aromatic carbocycles. The van der Waals surface area contributed by atoms with Crippen molar-refractivity contribution in [3.8, 4) is 0 Å². The highest BCUT2D eigenvalue weighted by molar-refractivity contribution is 4.68. The minimum absolute atomic E-state index is 0.364. The lowest BCUT2D eigenvalue weighted by Gasteiger charge is -2.16. The van der Waals surface area contributed by atoms with Gasteiger partial charge in [-0.15, -0.1) is 0 Å². The van der Waals surface area contributed by atoms with E-state index in [0.717, 1.165) is 6.42 Å². The topological polar surface area (TPSA) is 9.23 Å². The van der Waals surface area contributed by atoms with Crippen LogP contribution in [0.3, 0.4) is 0 Å². The van der Waals surface area contributed by atoms with Crippen LogP contribution in [-0.2, 0) is 4.74 Å². The molecule has 10 heavy (non-hydrogen) atoms. The molecular formula is C9H17O. The molecule has 0 heterocycles. The van der Waals surface area contributed by atoms with Gasteiger partial charge in [-0.1, -0.05) is 19.8 Å². The molecule has 1 aliphatic carbocycles. The van der Waals surface area contributed by atoms with Crippen molar-refractivity contribution in [2.24, 2.45) is 0 Å². The Hall–Kier alpha value is -0.0400. The van der Waals surface area contributed by atoms with E-state index in [1.807, 2.05) is 0 Å². The summed E-state index contributed by atoms with van der Waals surface area (Å²) in [6.45, 7) is 5.91. The highest BCUT2D eigenvalue weighted by atomic mass is 16.5. The van der Waals surface area contributed by atoms with Crippen LogP contribution in [0.5, 0.6) is 0 Å². The summed E-state index contributed by atoms with van der Waals surface area (Å²) >= 11 is 0. The quantitative estimate of drug-likeness (QED) is 0.587. The van der Waals surface area contributed by atoms with E-state index in [2.05, 4.69) is 13.8 Å². The molecule has 1 heteroatoms. The molecule has 1 aliphatic rings. The number of hydrogen-bond donors (Lipinski definition) is 0. The summed E-state index contributed by atoms with van der Waals surface area (Å²) in [5.41, 5.74) is 0. The van der Waals surface area contributed by atoms with Gasteiger partial charge in [0.05, 0.1) is 12.2 Å². The molecule has 1 nitrogen and oxygen atoms in total. The van der Waals surface area contributed by atoms with Crippen molar-refractivity contribution in [1.29, 1.82) is 0 Å². The standard InChI is InChI=1S/C9H17O/c1-3-8(2)10-9-6-4-5-7-9/h8-9H,1,3-7H2,2H3. The summed E-state index contributed by atoms with van der Waals surface area (Å²) < 4.78 is 5.70. The Morgan fingerprint density at radius 3 is 2.60 bits per heavy atom. The van der Waals surface area contributed by atoms with Crippen molar-refractivity contribution in [3.63, 3.8) is 0 Å². The first-order valence-corrected chi connectivity index (χ1v) is 4.27. The van der Waals surface area contributed by atoms with Crippen LogP contribution in [0.1, 0.15) is 39.0 Å². The van der Waals surface area contributed by atoms with Crippen molar-refractivity contribution in [1.82, 2.24) is 0 Å². The summed E-state index contributed by atoms with van der Waals surface area (Å²) in [6.07, 6.45) is 7.06. The predicted molar refractivity (Wildman–Crippen MR) is 42.8 cm³/mol. The lowest BCUT2D eigenvalue weighted by Crippen LogP contribution is -2.15. The molecule has 0 amide bonds. The summed E-state index contributed by atoms with van der Waals surface area (Å²) in [4.78, 5) is 0. The van der Waals surface area contributed by atoms with Gasteiger partial charge in [0.15, 0.2) is 0 Å². The van der Waals surface area contributed by atoms with Crippen LogP contribution < -0.4 is 0 Å². The second-order valence-electron chi connectivity index (χ2n) is 3.14. The molecule has 0 aromatic heterocycles. The van der Waals surface area contributed by atoms with Gasteiger partial charge in [0.25, 0.3) is 0 Å². The van der Waals surface area contributed by atoms with E-state index >= 15 is 0 Å². The Bertz CT molecular complexity index is 84.7. The summed E-state index contributed by atoms with van der Waals surface area (Å²) in [5.74, 6) is 0. The Labute approximate surface area is 63.8 Å². The van der Waals surface area contributed by atoms with Crippen LogP contribution in [-0.4, -0.2) is 12.2 Å². The smallest absolute Gasteiger partial charge is 0.0578 e. The van der Waals surface area contributed by atoms with Crippen LogP contribution >= 0.6 is 0 Å². The monoisotopic (exact) mass is 141 g/mol. The molecule has 1 atom stereocenters. The van der Waals surface area contributed by atoms with E-state index in [9.17, 15) is 0 Å². The maximum Gasteiger partial charge on any atom is 0.0578 e. The maximum absolute atomic E-state index is 5.70. The molecule has 1 unspecified atom stereocenters. The Morgan fingerprint density at radius 2 is 2.10 bits per heavy atom. The zero-order valence-electron chi connectivity index (χ0n) is 6.81. The highest BCUT2D eigenvalue weighted by Crippen LogP contribution is 2.22. The minimum atomic E-state index is 0.364. The van der Waals surface area contributed by atoms with Crippen LogP contribution in [0.25, 0.3) is 0 Å². The predicted octanol–water partition coefficient (Wildman–Crippen LogP) is 2.56. The van der Waals surface area contributed by atoms with Crippen LogP contribution in [0, 0.1) is 6.92 Å². The normalized spacial score (nSPS) is 23.4. The average molecular weight is 141 g/mol. The van der Waals surface area contributed by atoms with Crippen molar-refractivity contribution >= 4 is 0 Å². The van der Waals surface area contributed by atoms with Gasteiger partial charge in [0.1, 0.15) is 0 Å². The van der Waals surface area contributed by atoms with E-state index in [4.69, 9.17) is 4.74 Å². The molecule has 59 valence electrons. The molecule has 1 fully saturated rings. The van der Waals surface area contributed by atoms with E-state index in [0.29, 0.717) is 12.2 Å². The molecule has 0 bridgehead atoms. The summed E-state index contributed by atoms with van der Waals surface area (Å²) in [5, 5.41) is 0. The van der Waals surface area contributed by atoms with Gasteiger partial charge < -0.3 is 4.74 Å². The van der Waals surface area contributed by atoms with Crippen LogP contribution in [0.4, 0.5) is 0 Å². The van der Waals surface area contributed by atoms with Gasteiger partial charge in [-0.25, -0.2) is 0 Å². The van der Waals surface area contributed by atoms with Crippen LogP contribution in [0.15, 0.2) is 0 Å².